The third-order valence-corrected chi connectivity index (χ3v) is 3.45. The van der Waals surface area contributed by atoms with Crippen molar-refractivity contribution >= 4 is 0 Å². The van der Waals surface area contributed by atoms with Crippen molar-refractivity contribution in [3.8, 4) is 5.75 Å². The number of rotatable bonds is 6. The maximum atomic E-state index is 12.6. The fourth-order valence-electron chi connectivity index (χ4n) is 2.24. The van der Waals surface area contributed by atoms with Gasteiger partial charge < -0.3 is 4.74 Å². The molecule has 1 atom stereocenters. The minimum absolute atomic E-state index is 0.141. The molecule has 0 radical (unpaired) electrons. The summed E-state index contributed by atoms with van der Waals surface area (Å²) < 4.78 is 43.6. The van der Waals surface area contributed by atoms with Gasteiger partial charge in [0.15, 0.2) is 0 Å². The standard InChI is InChI=1S/C18H19F3O/c1-2-3-9-17(14-7-5-4-6-8-14)22-16-12-10-15(11-13-16)18(19,20)21/h4-8,10-13,17H,2-3,9H2,1H3. The first kappa shape index (κ1) is 16.4. The zero-order valence-electron chi connectivity index (χ0n) is 12.4. The van der Waals surface area contributed by atoms with Crippen LogP contribution in [0.1, 0.15) is 43.4 Å². The molecule has 1 nitrogen and oxygen atoms in total. The quantitative estimate of drug-likeness (QED) is 0.634. The summed E-state index contributed by atoms with van der Waals surface area (Å²) in [7, 11) is 0. The maximum absolute atomic E-state index is 12.6. The lowest BCUT2D eigenvalue weighted by Crippen LogP contribution is -2.08. The van der Waals surface area contributed by atoms with Crippen molar-refractivity contribution in [2.75, 3.05) is 0 Å². The summed E-state index contributed by atoms with van der Waals surface area (Å²) >= 11 is 0. The van der Waals surface area contributed by atoms with Crippen LogP contribution in [0.15, 0.2) is 54.6 Å². The van der Waals surface area contributed by atoms with Crippen molar-refractivity contribution in [1.82, 2.24) is 0 Å². The number of hydrogen-bond acceptors (Lipinski definition) is 1. The number of ether oxygens (including phenoxy) is 1. The third kappa shape index (κ3) is 4.52. The SMILES string of the molecule is CCCCC(Oc1ccc(C(F)(F)F)cc1)c1ccccc1. The molecule has 0 N–H and O–H groups in total. The van der Waals surface area contributed by atoms with Crippen LogP contribution in [-0.2, 0) is 6.18 Å². The van der Waals surface area contributed by atoms with E-state index in [0.29, 0.717) is 5.75 Å². The van der Waals surface area contributed by atoms with Gasteiger partial charge in [-0.1, -0.05) is 43.7 Å². The van der Waals surface area contributed by atoms with E-state index in [0.717, 1.165) is 37.0 Å². The molecule has 0 aliphatic carbocycles. The van der Waals surface area contributed by atoms with Crippen LogP contribution in [-0.4, -0.2) is 0 Å². The first-order chi connectivity index (χ1) is 10.5. The van der Waals surface area contributed by atoms with Crippen LogP contribution in [0, 0.1) is 0 Å². The van der Waals surface area contributed by atoms with Crippen LogP contribution >= 0.6 is 0 Å². The van der Waals surface area contributed by atoms with Gasteiger partial charge in [0, 0.05) is 0 Å². The van der Waals surface area contributed by atoms with Crippen LogP contribution < -0.4 is 4.74 Å². The number of benzene rings is 2. The summed E-state index contributed by atoms with van der Waals surface area (Å²) in [6.07, 6.45) is -1.58. The Morgan fingerprint density at radius 1 is 0.955 bits per heavy atom. The molecule has 2 rings (SSSR count). The molecule has 0 aliphatic rings. The lowest BCUT2D eigenvalue weighted by molar-refractivity contribution is -0.137. The van der Waals surface area contributed by atoms with E-state index in [2.05, 4.69) is 6.92 Å². The Hall–Kier alpha value is -1.97. The van der Waals surface area contributed by atoms with E-state index in [9.17, 15) is 13.2 Å². The van der Waals surface area contributed by atoms with Crippen LogP contribution in [0.25, 0.3) is 0 Å². The van der Waals surface area contributed by atoms with Gasteiger partial charge in [0.25, 0.3) is 0 Å². The largest absolute Gasteiger partial charge is 0.486 e. The topological polar surface area (TPSA) is 9.23 Å². The first-order valence-corrected chi connectivity index (χ1v) is 7.39. The van der Waals surface area contributed by atoms with Crippen molar-refractivity contribution in [2.45, 2.75) is 38.5 Å². The van der Waals surface area contributed by atoms with Gasteiger partial charge in [-0.3, -0.25) is 0 Å². The molecule has 1 unspecified atom stereocenters. The molecule has 0 spiro atoms. The molecular formula is C18H19F3O. The molecule has 2 aromatic rings. The second-order valence-corrected chi connectivity index (χ2v) is 5.18. The van der Waals surface area contributed by atoms with E-state index in [4.69, 9.17) is 4.74 Å². The van der Waals surface area contributed by atoms with E-state index >= 15 is 0 Å². The van der Waals surface area contributed by atoms with Crippen molar-refractivity contribution in [3.63, 3.8) is 0 Å². The molecule has 4 heteroatoms. The van der Waals surface area contributed by atoms with E-state index in [1.165, 1.54) is 12.1 Å². The lowest BCUT2D eigenvalue weighted by atomic mass is 10.0. The Morgan fingerprint density at radius 3 is 2.14 bits per heavy atom. The summed E-state index contributed by atoms with van der Waals surface area (Å²) in [5.41, 5.74) is 0.375. The zero-order chi connectivity index (χ0) is 16.0. The summed E-state index contributed by atoms with van der Waals surface area (Å²) in [5.74, 6) is 0.456. The second kappa shape index (κ2) is 7.34. The smallest absolute Gasteiger partial charge is 0.416 e. The van der Waals surface area contributed by atoms with Crippen LogP contribution in [0.4, 0.5) is 13.2 Å². The Kier molecular flexibility index (Phi) is 5.47. The first-order valence-electron chi connectivity index (χ1n) is 7.39. The van der Waals surface area contributed by atoms with Crippen molar-refractivity contribution in [2.24, 2.45) is 0 Å². The summed E-state index contributed by atoms with van der Waals surface area (Å²) in [6, 6.07) is 14.6. The average molecular weight is 308 g/mol. The highest BCUT2D eigenvalue weighted by Gasteiger charge is 2.30. The van der Waals surface area contributed by atoms with Crippen LogP contribution in [0.2, 0.25) is 0 Å². The minimum Gasteiger partial charge on any atom is -0.486 e. The minimum atomic E-state index is -4.32. The van der Waals surface area contributed by atoms with Crippen LogP contribution in [0.3, 0.4) is 0 Å². The Balaban J connectivity index is 2.13. The van der Waals surface area contributed by atoms with Gasteiger partial charge in [-0.2, -0.15) is 13.2 Å². The summed E-state index contributed by atoms with van der Waals surface area (Å²) in [5, 5.41) is 0. The molecular weight excluding hydrogens is 289 g/mol. The van der Waals surface area contributed by atoms with Gasteiger partial charge >= 0.3 is 6.18 Å². The highest BCUT2D eigenvalue weighted by Crippen LogP contribution is 2.32. The molecule has 0 fully saturated rings. The molecule has 0 aromatic heterocycles. The fraction of sp³-hybridized carbons (Fsp3) is 0.333. The molecule has 0 aliphatic heterocycles. The fourth-order valence-corrected chi connectivity index (χ4v) is 2.24. The average Bonchev–Trinajstić information content (AvgIpc) is 2.52. The molecule has 2 aromatic carbocycles. The molecule has 118 valence electrons. The van der Waals surface area contributed by atoms with E-state index in [1.807, 2.05) is 30.3 Å². The number of unbranched alkanes of at least 4 members (excludes halogenated alkanes) is 1. The molecule has 0 bridgehead atoms. The Bertz CT molecular complexity index is 561. The molecule has 0 amide bonds. The van der Waals surface area contributed by atoms with E-state index in [1.54, 1.807) is 0 Å². The lowest BCUT2D eigenvalue weighted by Gasteiger charge is -2.20. The van der Waals surface area contributed by atoms with E-state index < -0.39 is 11.7 Å². The van der Waals surface area contributed by atoms with Gasteiger partial charge in [-0.05, 0) is 42.7 Å². The Labute approximate surface area is 128 Å². The van der Waals surface area contributed by atoms with Gasteiger partial charge in [-0.25, -0.2) is 0 Å². The van der Waals surface area contributed by atoms with Crippen LogP contribution in [0.5, 0.6) is 5.75 Å². The summed E-state index contributed by atoms with van der Waals surface area (Å²) in [6.45, 7) is 2.10. The van der Waals surface area contributed by atoms with Gasteiger partial charge in [0.1, 0.15) is 11.9 Å². The summed E-state index contributed by atoms with van der Waals surface area (Å²) in [4.78, 5) is 0. The maximum Gasteiger partial charge on any atom is 0.416 e. The highest BCUT2D eigenvalue weighted by molar-refractivity contribution is 5.30. The van der Waals surface area contributed by atoms with Gasteiger partial charge in [0.05, 0.1) is 5.56 Å². The number of hydrogen-bond donors (Lipinski definition) is 0. The number of alkyl halides is 3. The molecule has 22 heavy (non-hydrogen) atoms. The van der Waals surface area contributed by atoms with Crippen molar-refractivity contribution in [3.05, 3.63) is 65.7 Å². The normalized spacial score (nSPS) is 12.9. The molecule has 0 saturated carbocycles. The van der Waals surface area contributed by atoms with Gasteiger partial charge in [-0.15, -0.1) is 0 Å². The van der Waals surface area contributed by atoms with E-state index in [-0.39, 0.29) is 6.10 Å². The predicted octanol–water partition coefficient (Wildman–Crippen LogP) is 6.02. The molecule has 0 saturated heterocycles. The second-order valence-electron chi connectivity index (χ2n) is 5.18. The highest BCUT2D eigenvalue weighted by atomic mass is 19.4. The predicted molar refractivity (Wildman–Crippen MR) is 80.8 cm³/mol. The molecule has 0 heterocycles. The zero-order valence-corrected chi connectivity index (χ0v) is 12.4. The number of halogens is 3. The van der Waals surface area contributed by atoms with Gasteiger partial charge in [0.2, 0.25) is 0 Å². The Morgan fingerprint density at radius 2 is 1.59 bits per heavy atom. The third-order valence-electron chi connectivity index (χ3n) is 3.45. The monoisotopic (exact) mass is 308 g/mol. The van der Waals surface area contributed by atoms with Crippen molar-refractivity contribution < 1.29 is 17.9 Å². The van der Waals surface area contributed by atoms with Crippen molar-refractivity contribution in [1.29, 1.82) is 0 Å².